The second-order valence-electron chi connectivity index (χ2n) is 9.66. The van der Waals surface area contributed by atoms with E-state index in [0.717, 1.165) is 16.8 Å². The lowest BCUT2D eigenvalue weighted by atomic mass is 9.34. The van der Waals surface area contributed by atoms with Crippen LogP contribution in [0.3, 0.4) is 0 Å². The highest BCUT2D eigenvalue weighted by atomic mass is 16.1. The molecule has 5 aromatic rings. The maximum absolute atomic E-state index is 13.5. The van der Waals surface area contributed by atoms with E-state index in [-0.39, 0.29) is 18.3 Å². The maximum atomic E-state index is 13.5. The van der Waals surface area contributed by atoms with Gasteiger partial charge in [-0.05, 0) is 46.3 Å². The molecule has 0 saturated carbocycles. The van der Waals surface area contributed by atoms with E-state index in [1.807, 2.05) is 30.3 Å². The Labute approximate surface area is 216 Å². The van der Waals surface area contributed by atoms with E-state index in [9.17, 15) is 9.59 Å². The van der Waals surface area contributed by atoms with Gasteiger partial charge in [-0.3, -0.25) is 9.59 Å². The van der Waals surface area contributed by atoms with Gasteiger partial charge in [0.15, 0.2) is 11.6 Å². The number of anilines is 2. The molecule has 0 radical (unpaired) electrons. The number of fused-ring (bicyclic) bond motifs is 4. The van der Waals surface area contributed by atoms with Gasteiger partial charge in [0.25, 0.3) is 0 Å². The van der Waals surface area contributed by atoms with Crippen molar-refractivity contribution in [2.75, 3.05) is 11.9 Å². The summed E-state index contributed by atoms with van der Waals surface area (Å²) in [6.45, 7) is 0.0360. The van der Waals surface area contributed by atoms with Crippen LogP contribution >= 0.6 is 0 Å². The largest absolute Gasteiger partial charge is 0.345 e. The molecule has 0 atom stereocenters. The van der Waals surface area contributed by atoms with Crippen molar-refractivity contribution in [2.24, 2.45) is 0 Å². The van der Waals surface area contributed by atoms with Crippen molar-refractivity contribution in [3.8, 4) is 11.1 Å². The van der Waals surface area contributed by atoms with Gasteiger partial charge in [-0.15, -0.1) is 0 Å². The van der Waals surface area contributed by atoms with Gasteiger partial charge in [0.2, 0.25) is 6.71 Å². The molecular formula is C33H22BNO2. The minimum Gasteiger partial charge on any atom is -0.345 e. The molecular weight excluding hydrogens is 453 g/mol. The molecule has 0 fully saturated rings. The van der Waals surface area contributed by atoms with Crippen LogP contribution in [0.4, 0.5) is 11.4 Å². The summed E-state index contributed by atoms with van der Waals surface area (Å²) in [4.78, 5) is 28.9. The molecule has 0 amide bonds. The number of para-hydroxylation sites is 1. The first kappa shape index (κ1) is 21.6. The van der Waals surface area contributed by atoms with Gasteiger partial charge in [-0.25, -0.2) is 0 Å². The molecule has 37 heavy (non-hydrogen) atoms. The molecule has 1 heterocycles. The van der Waals surface area contributed by atoms with Gasteiger partial charge in [-0.1, -0.05) is 96.5 Å². The topological polar surface area (TPSA) is 37.4 Å². The van der Waals surface area contributed by atoms with Crippen LogP contribution in [0.15, 0.2) is 115 Å². The second kappa shape index (κ2) is 8.17. The fraction of sp³-hybridized carbons (Fsp3) is 0.0303. The van der Waals surface area contributed by atoms with Crippen LogP contribution in [0, 0.1) is 0 Å². The van der Waals surface area contributed by atoms with Crippen LogP contribution in [0.1, 0.15) is 31.8 Å². The standard InChI is InChI=1S/C33H22BNO2/c1-35-29-16-8-7-15-28(29)34(22-10-3-2-4-11-22)31-23(14-9-17-30(31)35)21-18-19-26-27(20-21)33(37)25-13-6-5-12-24(25)32(26)36/h2-20H,1H3. The third-order valence-corrected chi connectivity index (χ3v) is 7.71. The number of rotatable bonds is 2. The minimum atomic E-state index is -0.0982. The average Bonchev–Trinajstić information content (AvgIpc) is 2.96. The van der Waals surface area contributed by atoms with Crippen molar-refractivity contribution in [1.29, 1.82) is 0 Å². The van der Waals surface area contributed by atoms with Gasteiger partial charge in [-0.2, -0.15) is 0 Å². The lowest BCUT2D eigenvalue weighted by molar-refractivity contribution is 0.0979. The van der Waals surface area contributed by atoms with Crippen LogP contribution in [-0.2, 0) is 0 Å². The Morgan fingerprint density at radius 1 is 0.541 bits per heavy atom. The molecule has 1 aliphatic heterocycles. The molecule has 0 spiro atoms. The fourth-order valence-corrected chi connectivity index (χ4v) is 5.98. The summed E-state index contributed by atoms with van der Waals surface area (Å²) in [5.74, 6) is -0.193. The molecule has 0 bridgehead atoms. The van der Waals surface area contributed by atoms with Crippen LogP contribution in [0.2, 0.25) is 0 Å². The number of nitrogens with zero attached hydrogens (tertiary/aromatic N) is 1. The third-order valence-electron chi connectivity index (χ3n) is 7.71. The van der Waals surface area contributed by atoms with Crippen LogP contribution in [0.25, 0.3) is 11.1 Å². The van der Waals surface area contributed by atoms with E-state index in [4.69, 9.17) is 0 Å². The van der Waals surface area contributed by atoms with Gasteiger partial charge in [0.05, 0.1) is 0 Å². The number of benzene rings is 5. The highest BCUT2D eigenvalue weighted by Gasteiger charge is 2.36. The summed E-state index contributed by atoms with van der Waals surface area (Å²) in [6, 6.07) is 38.3. The van der Waals surface area contributed by atoms with E-state index in [2.05, 4.69) is 78.7 Å². The molecule has 174 valence electrons. The first-order chi connectivity index (χ1) is 18.1. The Morgan fingerprint density at radius 3 is 1.92 bits per heavy atom. The maximum Gasteiger partial charge on any atom is 0.247 e. The number of hydrogen-bond acceptors (Lipinski definition) is 3. The molecule has 1 aliphatic carbocycles. The Balaban J connectivity index is 1.46. The summed E-state index contributed by atoms with van der Waals surface area (Å²) in [6.07, 6.45) is 0. The van der Waals surface area contributed by atoms with Crippen LogP contribution in [-0.4, -0.2) is 25.3 Å². The van der Waals surface area contributed by atoms with E-state index in [1.54, 1.807) is 18.2 Å². The zero-order valence-corrected chi connectivity index (χ0v) is 20.3. The first-order valence-corrected chi connectivity index (χ1v) is 12.5. The fourth-order valence-electron chi connectivity index (χ4n) is 5.98. The van der Waals surface area contributed by atoms with Crippen LogP contribution < -0.4 is 21.3 Å². The van der Waals surface area contributed by atoms with Crippen molar-refractivity contribution in [2.45, 2.75) is 0 Å². The Hall–Kier alpha value is -4.70. The van der Waals surface area contributed by atoms with Crippen molar-refractivity contribution < 1.29 is 9.59 Å². The number of carbonyl (C=O) groups excluding carboxylic acids is 2. The Bertz CT molecular complexity index is 1740. The normalized spacial score (nSPS) is 13.5. The molecule has 0 unspecified atom stereocenters. The zero-order chi connectivity index (χ0) is 25.1. The van der Waals surface area contributed by atoms with E-state index < -0.39 is 0 Å². The van der Waals surface area contributed by atoms with Gasteiger partial charge in [0.1, 0.15) is 0 Å². The Morgan fingerprint density at radius 2 is 1.14 bits per heavy atom. The van der Waals surface area contributed by atoms with Gasteiger partial charge < -0.3 is 4.90 Å². The highest BCUT2D eigenvalue weighted by molar-refractivity contribution is 6.98. The Kier molecular flexibility index (Phi) is 4.77. The summed E-state index contributed by atoms with van der Waals surface area (Å²) in [7, 11) is 2.11. The number of hydrogen-bond donors (Lipinski definition) is 0. The molecule has 0 saturated heterocycles. The third kappa shape index (κ3) is 3.16. The first-order valence-electron chi connectivity index (χ1n) is 12.5. The number of carbonyl (C=O) groups is 2. The monoisotopic (exact) mass is 475 g/mol. The average molecular weight is 475 g/mol. The zero-order valence-electron chi connectivity index (χ0n) is 20.3. The summed E-state index contributed by atoms with van der Waals surface area (Å²) in [5.41, 5.74) is 9.88. The SMILES string of the molecule is CN1c2ccccc2B(c2ccccc2)c2c(-c3ccc4c(c3)C(=O)c3ccccc3C4=O)cccc21. The highest BCUT2D eigenvalue weighted by Crippen LogP contribution is 2.34. The van der Waals surface area contributed by atoms with Gasteiger partial charge in [0, 0.05) is 40.7 Å². The summed E-state index contributed by atoms with van der Waals surface area (Å²) in [5, 5.41) is 0. The molecule has 5 aromatic carbocycles. The molecule has 2 aliphatic rings. The number of ketones is 2. The molecule has 7 rings (SSSR count). The van der Waals surface area contributed by atoms with E-state index in [0.29, 0.717) is 22.3 Å². The molecule has 0 aromatic heterocycles. The predicted molar refractivity (Wildman–Crippen MR) is 151 cm³/mol. The summed E-state index contributed by atoms with van der Waals surface area (Å²) < 4.78 is 0. The van der Waals surface area contributed by atoms with Crippen LogP contribution in [0.5, 0.6) is 0 Å². The van der Waals surface area contributed by atoms with E-state index in [1.165, 1.54) is 22.1 Å². The molecule has 0 N–H and O–H groups in total. The summed E-state index contributed by atoms with van der Waals surface area (Å²) >= 11 is 0. The predicted octanol–water partition coefficient (Wildman–Crippen LogP) is 4.73. The quantitative estimate of drug-likeness (QED) is 0.340. The van der Waals surface area contributed by atoms with Gasteiger partial charge >= 0.3 is 0 Å². The van der Waals surface area contributed by atoms with Crippen molar-refractivity contribution in [1.82, 2.24) is 0 Å². The van der Waals surface area contributed by atoms with Crippen molar-refractivity contribution in [3.63, 3.8) is 0 Å². The lowest BCUT2D eigenvalue weighted by Gasteiger charge is -2.36. The smallest absolute Gasteiger partial charge is 0.247 e. The molecule has 3 nitrogen and oxygen atoms in total. The molecule has 4 heteroatoms. The minimum absolute atomic E-state index is 0.0360. The van der Waals surface area contributed by atoms with E-state index >= 15 is 0 Å². The van der Waals surface area contributed by atoms with Crippen molar-refractivity contribution >= 4 is 46.0 Å². The second-order valence-corrected chi connectivity index (χ2v) is 9.66. The van der Waals surface area contributed by atoms with Crippen molar-refractivity contribution in [3.05, 3.63) is 138 Å². The lowest BCUT2D eigenvalue weighted by Crippen LogP contribution is -2.58.